The number of aryl methyl sites for hydroxylation is 1. The SMILES string of the molecule is Cn1nc(C(=O)N2CC(CC(=O)O)C2)c2ccccc21. The Kier molecular flexibility index (Phi) is 2.93. The molecule has 1 saturated heterocycles. The van der Waals surface area contributed by atoms with Gasteiger partial charge >= 0.3 is 5.97 Å². The van der Waals surface area contributed by atoms with Crippen molar-refractivity contribution in [2.75, 3.05) is 13.1 Å². The second-order valence-electron chi connectivity index (χ2n) is 5.16. The summed E-state index contributed by atoms with van der Waals surface area (Å²) in [4.78, 5) is 24.7. The average Bonchev–Trinajstić information content (AvgIpc) is 2.71. The number of carbonyl (C=O) groups is 2. The summed E-state index contributed by atoms with van der Waals surface area (Å²) in [5.41, 5.74) is 1.36. The number of fused-ring (bicyclic) bond motifs is 1. The van der Waals surface area contributed by atoms with Crippen LogP contribution in [0.15, 0.2) is 24.3 Å². The van der Waals surface area contributed by atoms with E-state index in [1.54, 1.807) is 9.58 Å². The average molecular weight is 273 g/mol. The van der Waals surface area contributed by atoms with Gasteiger partial charge in [0.15, 0.2) is 5.69 Å². The van der Waals surface area contributed by atoms with Crippen molar-refractivity contribution in [2.45, 2.75) is 6.42 Å². The molecule has 1 aliphatic rings. The van der Waals surface area contributed by atoms with E-state index < -0.39 is 5.97 Å². The third kappa shape index (κ3) is 2.03. The molecule has 0 saturated carbocycles. The number of amides is 1. The van der Waals surface area contributed by atoms with Crippen LogP contribution in [-0.2, 0) is 11.8 Å². The number of nitrogens with zero attached hydrogens (tertiary/aromatic N) is 3. The van der Waals surface area contributed by atoms with Crippen LogP contribution in [0.2, 0.25) is 0 Å². The van der Waals surface area contributed by atoms with Crippen LogP contribution in [0.25, 0.3) is 10.9 Å². The predicted octanol–water partition coefficient (Wildman–Crippen LogP) is 1.12. The molecule has 3 rings (SSSR count). The molecule has 1 aliphatic heterocycles. The Morgan fingerprint density at radius 1 is 1.35 bits per heavy atom. The van der Waals surface area contributed by atoms with Crippen molar-refractivity contribution in [1.82, 2.24) is 14.7 Å². The maximum absolute atomic E-state index is 12.4. The smallest absolute Gasteiger partial charge is 0.303 e. The monoisotopic (exact) mass is 273 g/mol. The van der Waals surface area contributed by atoms with Crippen LogP contribution in [0, 0.1) is 5.92 Å². The fourth-order valence-electron chi connectivity index (χ4n) is 2.63. The van der Waals surface area contributed by atoms with Crippen LogP contribution in [-0.4, -0.2) is 44.8 Å². The minimum absolute atomic E-state index is 0.0615. The number of hydrogen-bond donors (Lipinski definition) is 1. The Morgan fingerprint density at radius 2 is 2.05 bits per heavy atom. The van der Waals surface area contributed by atoms with Gasteiger partial charge in [-0.25, -0.2) is 0 Å². The Hall–Kier alpha value is -2.37. The Bertz CT molecular complexity index is 686. The lowest BCUT2D eigenvalue weighted by Gasteiger charge is -2.38. The van der Waals surface area contributed by atoms with Gasteiger partial charge in [0.25, 0.3) is 5.91 Å². The molecular formula is C14H15N3O3. The Labute approximate surface area is 115 Å². The molecule has 0 unspecified atom stereocenters. The molecule has 1 N–H and O–H groups in total. The summed E-state index contributed by atoms with van der Waals surface area (Å²) >= 11 is 0. The lowest BCUT2D eigenvalue weighted by atomic mass is 9.96. The number of hydrogen-bond acceptors (Lipinski definition) is 3. The van der Waals surface area contributed by atoms with Crippen LogP contribution in [0.5, 0.6) is 0 Å². The summed E-state index contributed by atoms with van der Waals surface area (Å²) in [7, 11) is 1.81. The zero-order valence-corrected chi connectivity index (χ0v) is 11.1. The number of benzene rings is 1. The van der Waals surface area contributed by atoms with Gasteiger partial charge in [-0.3, -0.25) is 14.3 Å². The van der Waals surface area contributed by atoms with Crippen molar-refractivity contribution in [3.05, 3.63) is 30.0 Å². The minimum atomic E-state index is -0.814. The highest BCUT2D eigenvalue weighted by Gasteiger charge is 2.34. The van der Waals surface area contributed by atoms with E-state index in [4.69, 9.17) is 5.11 Å². The molecule has 0 bridgehead atoms. The number of carboxylic acids is 1. The molecule has 1 aromatic heterocycles. The highest BCUT2D eigenvalue weighted by Crippen LogP contribution is 2.24. The van der Waals surface area contributed by atoms with E-state index in [9.17, 15) is 9.59 Å². The summed E-state index contributed by atoms with van der Waals surface area (Å²) in [6.07, 6.45) is 0.118. The molecule has 1 aromatic carbocycles. The van der Waals surface area contributed by atoms with Gasteiger partial charge in [-0.15, -0.1) is 0 Å². The van der Waals surface area contributed by atoms with Crippen molar-refractivity contribution < 1.29 is 14.7 Å². The molecule has 1 amide bonds. The first-order chi connectivity index (χ1) is 9.56. The summed E-state index contributed by atoms with van der Waals surface area (Å²) in [5, 5.41) is 13.8. The van der Waals surface area contributed by atoms with Crippen LogP contribution < -0.4 is 0 Å². The van der Waals surface area contributed by atoms with E-state index in [0.717, 1.165) is 10.9 Å². The predicted molar refractivity (Wildman–Crippen MR) is 72.4 cm³/mol. The Morgan fingerprint density at radius 3 is 2.75 bits per heavy atom. The fraction of sp³-hybridized carbons (Fsp3) is 0.357. The van der Waals surface area contributed by atoms with Crippen LogP contribution in [0.4, 0.5) is 0 Å². The molecule has 6 heteroatoms. The lowest BCUT2D eigenvalue weighted by molar-refractivity contribution is -0.139. The summed E-state index contributed by atoms with van der Waals surface area (Å²) < 4.78 is 1.69. The first-order valence-corrected chi connectivity index (χ1v) is 6.49. The zero-order valence-electron chi connectivity index (χ0n) is 11.1. The molecule has 0 spiro atoms. The Balaban J connectivity index is 1.79. The van der Waals surface area contributed by atoms with Crippen molar-refractivity contribution in [3.8, 4) is 0 Å². The third-order valence-corrected chi connectivity index (χ3v) is 3.67. The lowest BCUT2D eigenvalue weighted by Crippen LogP contribution is -2.50. The number of likely N-dealkylation sites (tertiary alicyclic amines) is 1. The van der Waals surface area contributed by atoms with Gasteiger partial charge < -0.3 is 10.0 Å². The number of aromatic nitrogens is 2. The minimum Gasteiger partial charge on any atom is -0.481 e. The van der Waals surface area contributed by atoms with Gasteiger partial charge in [0.1, 0.15) is 0 Å². The van der Waals surface area contributed by atoms with E-state index >= 15 is 0 Å². The topological polar surface area (TPSA) is 75.4 Å². The van der Waals surface area contributed by atoms with Crippen LogP contribution in [0.1, 0.15) is 16.9 Å². The number of rotatable bonds is 3. The number of carbonyl (C=O) groups excluding carboxylic acids is 1. The highest BCUT2D eigenvalue weighted by molar-refractivity contribution is 6.05. The molecule has 0 radical (unpaired) electrons. The van der Waals surface area contributed by atoms with Crippen LogP contribution >= 0.6 is 0 Å². The first kappa shape index (κ1) is 12.7. The first-order valence-electron chi connectivity index (χ1n) is 6.49. The van der Waals surface area contributed by atoms with E-state index in [0.29, 0.717) is 18.8 Å². The maximum atomic E-state index is 12.4. The molecule has 6 nitrogen and oxygen atoms in total. The van der Waals surface area contributed by atoms with Crippen molar-refractivity contribution in [2.24, 2.45) is 13.0 Å². The molecule has 0 aliphatic carbocycles. The summed E-state index contributed by atoms with van der Waals surface area (Å²) in [5.74, 6) is -0.875. The molecule has 104 valence electrons. The number of carboxylic acid groups (broad SMARTS) is 1. The van der Waals surface area contributed by atoms with Gasteiger partial charge in [0.2, 0.25) is 0 Å². The molecule has 2 heterocycles. The summed E-state index contributed by atoms with van der Waals surface area (Å²) in [6, 6.07) is 7.58. The molecule has 1 fully saturated rings. The maximum Gasteiger partial charge on any atom is 0.303 e. The largest absolute Gasteiger partial charge is 0.481 e. The van der Waals surface area contributed by atoms with E-state index in [-0.39, 0.29) is 18.2 Å². The van der Waals surface area contributed by atoms with Crippen LogP contribution in [0.3, 0.4) is 0 Å². The van der Waals surface area contributed by atoms with Gasteiger partial charge in [-0.1, -0.05) is 18.2 Å². The molecule has 20 heavy (non-hydrogen) atoms. The normalized spacial score (nSPS) is 15.3. The second kappa shape index (κ2) is 4.63. The quantitative estimate of drug-likeness (QED) is 0.909. The van der Waals surface area contributed by atoms with Gasteiger partial charge in [0, 0.05) is 31.4 Å². The van der Waals surface area contributed by atoms with Crippen molar-refractivity contribution >= 4 is 22.8 Å². The number of aliphatic carboxylic acids is 1. The molecule has 0 atom stereocenters. The van der Waals surface area contributed by atoms with E-state index in [2.05, 4.69) is 5.10 Å². The summed E-state index contributed by atoms with van der Waals surface area (Å²) in [6.45, 7) is 0.992. The van der Waals surface area contributed by atoms with Gasteiger partial charge in [-0.05, 0) is 6.07 Å². The zero-order chi connectivity index (χ0) is 14.3. The third-order valence-electron chi connectivity index (χ3n) is 3.67. The molecule has 2 aromatic rings. The second-order valence-corrected chi connectivity index (χ2v) is 5.16. The van der Waals surface area contributed by atoms with Gasteiger partial charge in [-0.2, -0.15) is 5.10 Å². The standard InChI is InChI=1S/C14H15N3O3/c1-16-11-5-3-2-4-10(11)13(15-16)14(20)17-7-9(8-17)6-12(18)19/h2-5,9H,6-8H2,1H3,(H,18,19). The van der Waals surface area contributed by atoms with E-state index in [1.807, 2.05) is 31.3 Å². The number of para-hydroxylation sites is 1. The molecular weight excluding hydrogens is 258 g/mol. The fourth-order valence-corrected chi connectivity index (χ4v) is 2.63. The van der Waals surface area contributed by atoms with Crippen molar-refractivity contribution in [3.63, 3.8) is 0 Å². The van der Waals surface area contributed by atoms with E-state index in [1.165, 1.54) is 0 Å². The van der Waals surface area contributed by atoms with Crippen molar-refractivity contribution in [1.29, 1.82) is 0 Å². The van der Waals surface area contributed by atoms with Gasteiger partial charge in [0.05, 0.1) is 11.9 Å². The highest BCUT2D eigenvalue weighted by atomic mass is 16.4.